The topological polar surface area (TPSA) is 132 Å². The number of allylic oxidation sites excluding steroid dienone is 2. The second kappa shape index (κ2) is 13.5. The summed E-state index contributed by atoms with van der Waals surface area (Å²) in [5, 5.41) is 19.8. The first kappa shape index (κ1) is 36.1. The summed E-state index contributed by atoms with van der Waals surface area (Å²) in [7, 11) is 5.37. The van der Waals surface area contributed by atoms with E-state index in [9.17, 15) is 28.7 Å². The first-order valence-electron chi connectivity index (χ1n) is 17.9. The van der Waals surface area contributed by atoms with Gasteiger partial charge in [0.05, 0.1) is 58.1 Å². The molecule has 0 unspecified atom stereocenters. The highest BCUT2D eigenvalue weighted by Gasteiger charge is 2.68. The van der Waals surface area contributed by atoms with E-state index in [1.165, 1.54) is 30.2 Å². The fourth-order valence-corrected chi connectivity index (χ4v) is 9.15. The molecule has 2 aliphatic carbocycles. The number of nitrogens with zero attached hydrogens (tertiary/aromatic N) is 5. The van der Waals surface area contributed by atoms with Gasteiger partial charge in [-0.1, -0.05) is 29.3 Å². The van der Waals surface area contributed by atoms with E-state index in [1.807, 2.05) is 49.3 Å². The zero-order valence-corrected chi connectivity index (χ0v) is 31.2. The molecule has 4 aliphatic rings. The minimum Gasteiger partial charge on any atom is -0.508 e. The lowest BCUT2D eigenvalue weighted by molar-refractivity contribution is -0.131. The molecule has 2 saturated heterocycles. The molecule has 1 N–H and O–H groups in total. The molecule has 280 valence electrons. The molecule has 0 spiro atoms. The number of azo groups is 1. The molecule has 6 atom stereocenters. The number of rotatable bonds is 7. The van der Waals surface area contributed by atoms with Gasteiger partial charge >= 0.3 is 0 Å². The Labute approximate surface area is 321 Å². The van der Waals surface area contributed by atoms with Crippen LogP contribution in [-0.2, 0) is 19.2 Å². The molecular formula is C42H37ClFN5O6. The fourth-order valence-electron chi connectivity index (χ4n) is 8.98. The maximum absolute atomic E-state index is 14.6. The normalized spacial score (nSPS) is 25.9. The van der Waals surface area contributed by atoms with Gasteiger partial charge in [-0.25, -0.2) is 9.29 Å². The molecule has 0 bridgehead atoms. The molecule has 4 amide bonds. The number of phenols is 1. The van der Waals surface area contributed by atoms with E-state index < -0.39 is 58.5 Å². The van der Waals surface area contributed by atoms with Crippen LogP contribution in [0.15, 0.2) is 107 Å². The van der Waals surface area contributed by atoms with Crippen LogP contribution in [0.3, 0.4) is 0 Å². The van der Waals surface area contributed by atoms with Gasteiger partial charge in [0.2, 0.25) is 23.6 Å². The molecule has 1 saturated carbocycles. The van der Waals surface area contributed by atoms with Crippen molar-refractivity contribution in [3.8, 4) is 11.5 Å². The smallest absolute Gasteiger partial charge is 0.241 e. The first-order chi connectivity index (χ1) is 26.3. The van der Waals surface area contributed by atoms with E-state index in [0.717, 1.165) is 16.7 Å². The van der Waals surface area contributed by atoms with Crippen molar-refractivity contribution < 1.29 is 33.4 Å². The Morgan fingerprint density at radius 1 is 0.836 bits per heavy atom. The van der Waals surface area contributed by atoms with Crippen LogP contribution >= 0.6 is 11.6 Å². The first-order valence-corrected chi connectivity index (χ1v) is 18.3. The van der Waals surface area contributed by atoms with Gasteiger partial charge in [-0.3, -0.25) is 24.1 Å². The number of phenolic OH excluding ortho intramolecular Hbond substituents is 1. The van der Waals surface area contributed by atoms with Crippen molar-refractivity contribution in [2.75, 3.05) is 35.9 Å². The van der Waals surface area contributed by atoms with Crippen molar-refractivity contribution in [3.05, 3.63) is 113 Å². The van der Waals surface area contributed by atoms with E-state index in [4.69, 9.17) is 16.3 Å². The average Bonchev–Trinajstić information content (AvgIpc) is 3.55. The Morgan fingerprint density at radius 3 is 2.11 bits per heavy atom. The Bertz CT molecular complexity index is 2330. The number of fused-ring (bicyclic) bond motifs is 4. The van der Waals surface area contributed by atoms with Gasteiger partial charge in [-0.2, -0.15) is 10.2 Å². The summed E-state index contributed by atoms with van der Waals surface area (Å²) >= 11 is 6.10. The Balaban J connectivity index is 1.14. The number of anilines is 3. The van der Waals surface area contributed by atoms with E-state index in [1.54, 1.807) is 43.3 Å². The van der Waals surface area contributed by atoms with E-state index in [0.29, 0.717) is 33.9 Å². The second-order valence-corrected chi connectivity index (χ2v) is 15.2. The van der Waals surface area contributed by atoms with Crippen LogP contribution in [0.5, 0.6) is 11.5 Å². The zero-order chi connectivity index (χ0) is 38.9. The van der Waals surface area contributed by atoms with Gasteiger partial charge in [0.1, 0.15) is 17.3 Å². The van der Waals surface area contributed by atoms with Crippen LogP contribution < -0.4 is 19.4 Å². The van der Waals surface area contributed by atoms with Crippen LogP contribution in [0.4, 0.5) is 32.8 Å². The summed E-state index contributed by atoms with van der Waals surface area (Å²) in [5.74, 6) is -6.18. The molecule has 0 aromatic heterocycles. The van der Waals surface area contributed by atoms with Crippen molar-refractivity contribution >= 4 is 63.7 Å². The quantitative estimate of drug-likeness (QED) is 0.114. The lowest BCUT2D eigenvalue weighted by atomic mass is 9.51. The fraction of sp³-hybridized carbons (Fsp3) is 0.286. The van der Waals surface area contributed by atoms with Gasteiger partial charge in [-0.05, 0) is 98.5 Å². The van der Waals surface area contributed by atoms with Crippen molar-refractivity contribution in [2.24, 2.45) is 39.3 Å². The van der Waals surface area contributed by atoms with E-state index in [-0.39, 0.29) is 35.2 Å². The van der Waals surface area contributed by atoms with Crippen LogP contribution in [0.25, 0.3) is 0 Å². The summed E-state index contributed by atoms with van der Waals surface area (Å²) in [5.41, 5.74) is 2.42. The van der Waals surface area contributed by atoms with E-state index in [2.05, 4.69) is 10.2 Å². The lowest BCUT2D eigenvalue weighted by Gasteiger charge is -2.49. The maximum Gasteiger partial charge on any atom is 0.241 e. The largest absolute Gasteiger partial charge is 0.508 e. The number of carbonyl (C=O) groups excluding carboxylic acids is 4. The number of carbonyl (C=O) groups is 4. The summed E-state index contributed by atoms with van der Waals surface area (Å²) in [6, 6.07) is 22.7. The molecule has 2 aliphatic heterocycles. The second-order valence-electron chi connectivity index (χ2n) is 14.8. The Morgan fingerprint density at radius 2 is 1.49 bits per heavy atom. The molecule has 0 radical (unpaired) electrons. The third kappa shape index (κ3) is 5.69. The van der Waals surface area contributed by atoms with Crippen molar-refractivity contribution in [1.82, 2.24) is 0 Å². The van der Waals surface area contributed by atoms with Gasteiger partial charge < -0.3 is 14.7 Å². The highest BCUT2D eigenvalue weighted by Crippen LogP contribution is 2.64. The molecule has 3 fully saturated rings. The van der Waals surface area contributed by atoms with Gasteiger partial charge in [0, 0.05) is 37.3 Å². The summed E-state index contributed by atoms with van der Waals surface area (Å²) in [6.07, 6.45) is 2.23. The minimum atomic E-state index is -1.41. The monoisotopic (exact) mass is 761 g/mol. The van der Waals surface area contributed by atoms with Crippen LogP contribution in [0.1, 0.15) is 31.2 Å². The van der Waals surface area contributed by atoms with Crippen LogP contribution in [0.2, 0.25) is 5.02 Å². The SMILES string of the molecule is COc1ccc([C@H]2C3=CC[C@@H]4C(=O)N(c5ccc(N=Nc6ccc(N(C)C)cc6)cc5)C(=O)[C@@H]4[C@@H]3C[C@H]3C(=O)N(c4ccc(F)c(Cl)c4)C(=O)[C@@]23C)c(O)c1. The van der Waals surface area contributed by atoms with Crippen molar-refractivity contribution in [3.63, 3.8) is 0 Å². The molecule has 11 nitrogen and oxygen atoms in total. The molecule has 2 heterocycles. The number of hydrogen-bond acceptors (Lipinski definition) is 9. The molecular weight excluding hydrogens is 725 g/mol. The zero-order valence-electron chi connectivity index (χ0n) is 30.4. The average molecular weight is 762 g/mol. The number of hydrogen-bond donors (Lipinski definition) is 1. The summed E-state index contributed by atoms with van der Waals surface area (Å²) in [4.78, 5) is 61.8. The van der Waals surface area contributed by atoms with Crippen molar-refractivity contribution in [1.29, 1.82) is 0 Å². The minimum absolute atomic E-state index is 0.106. The molecule has 8 rings (SSSR count). The van der Waals surface area contributed by atoms with Gasteiger partial charge in [0.15, 0.2) is 0 Å². The third-order valence-corrected chi connectivity index (χ3v) is 12.0. The lowest BCUT2D eigenvalue weighted by Crippen LogP contribution is -2.48. The number of halogens is 2. The van der Waals surface area contributed by atoms with Gasteiger partial charge in [-0.15, -0.1) is 0 Å². The van der Waals surface area contributed by atoms with Gasteiger partial charge in [0.25, 0.3) is 0 Å². The van der Waals surface area contributed by atoms with Crippen LogP contribution in [0, 0.1) is 34.9 Å². The summed E-state index contributed by atoms with van der Waals surface area (Å²) in [6.45, 7) is 1.70. The molecule has 13 heteroatoms. The molecule has 55 heavy (non-hydrogen) atoms. The predicted octanol–water partition coefficient (Wildman–Crippen LogP) is 8.11. The number of benzene rings is 4. The van der Waals surface area contributed by atoms with Crippen molar-refractivity contribution in [2.45, 2.75) is 25.7 Å². The van der Waals surface area contributed by atoms with E-state index >= 15 is 0 Å². The Kier molecular flexibility index (Phi) is 8.83. The predicted molar refractivity (Wildman–Crippen MR) is 205 cm³/mol. The summed E-state index contributed by atoms with van der Waals surface area (Å²) < 4.78 is 19.5. The van der Waals surface area contributed by atoms with Crippen LogP contribution in [-0.4, -0.2) is 49.9 Å². The molecule has 4 aromatic rings. The third-order valence-electron chi connectivity index (χ3n) is 11.7. The highest BCUT2D eigenvalue weighted by molar-refractivity contribution is 6.32. The number of ether oxygens (including phenoxy) is 1. The maximum atomic E-state index is 14.6. The number of amides is 4. The number of imide groups is 2. The number of aromatic hydroxyl groups is 1. The Hall–Kier alpha value is -5.88. The highest BCUT2D eigenvalue weighted by atomic mass is 35.5. The molecule has 4 aromatic carbocycles. The standard InChI is InChI=1S/C42H37ClFN5O6/c1-42-32(39(52)49(41(42)54)26-13-18-34(44)33(43)19-26)21-31-28(37(42)29-15-14-27(55-4)20-35(29)50)16-17-30-36(31)40(53)48(38(30)51)25-11-7-23(8-12-25)46-45-22-5-9-24(10-6-22)47(2)3/h5-16,18-20,30-32,36-37,50H,17,21H2,1-4H3/t30-,31+,32-,36-,37+,42+/m0/s1. The number of methoxy groups -OCH3 is 1.